The SMILES string of the molecule is C/C(=C\C(=O)OCl)c1ccc(C)c(C)c1. The molecule has 0 N–H and O–H groups in total. The molecule has 1 aromatic carbocycles. The monoisotopic (exact) mass is 224 g/mol. The normalized spacial score (nSPS) is 11.3. The second-order valence-electron chi connectivity index (χ2n) is 3.52. The third-order valence-electron chi connectivity index (χ3n) is 2.37. The molecular formula is C12H13ClO2. The van der Waals surface area contributed by atoms with E-state index in [2.05, 4.69) is 4.29 Å². The van der Waals surface area contributed by atoms with Gasteiger partial charge in [-0.2, -0.15) is 0 Å². The van der Waals surface area contributed by atoms with E-state index in [9.17, 15) is 4.79 Å². The number of halogens is 1. The second-order valence-corrected chi connectivity index (χ2v) is 3.68. The van der Waals surface area contributed by atoms with E-state index in [1.807, 2.05) is 39.0 Å². The van der Waals surface area contributed by atoms with E-state index >= 15 is 0 Å². The van der Waals surface area contributed by atoms with Gasteiger partial charge >= 0.3 is 5.97 Å². The summed E-state index contributed by atoms with van der Waals surface area (Å²) in [5.41, 5.74) is 4.26. The van der Waals surface area contributed by atoms with Gasteiger partial charge < -0.3 is 4.29 Å². The first kappa shape index (κ1) is 11.8. The van der Waals surface area contributed by atoms with Crippen LogP contribution in [-0.4, -0.2) is 5.97 Å². The summed E-state index contributed by atoms with van der Waals surface area (Å²) in [4.78, 5) is 10.9. The van der Waals surface area contributed by atoms with Crippen LogP contribution in [0.3, 0.4) is 0 Å². The zero-order valence-corrected chi connectivity index (χ0v) is 9.76. The lowest BCUT2D eigenvalue weighted by atomic mass is 10.0. The fourth-order valence-electron chi connectivity index (χ4n) is 1.27. The summed E-state index contributed by atoms with van der Waals surface area (Å²) in [6.45, 7) is 5.93. The van der Waals surface area contributed by atoms with E-state index in [1.165, 1.54) is 17.2 Å². The van der Waals surface area contributed by atoms with Crippen molar-refractivity contribution in [3.05, 3.63) is 41.0 Å². The Morgan fingerprint density at radius 1 is 1.33 bits per heavy atom. The lowest BCUT2D eigenvalue weighted by molar-refractivity contribution is -0.128. The third-order valence-corrected chi connectivity index (χ3v) is 2.52. The fourth-order valence-corrected chi connectivity index (χ4v) is 1.31. The van der Waals surface area contributed by atoms with Crippen LogP contribution in [0.15, 0.2) is 24.3 Å². The highest BCUT2D eigenvalue weighted by Crippen LogP contribution is 2.17. The number of hydrogen-bond donors (Lipinski definition) is 0. The van der Waals surface area contributed by atoms with Gasteiger partial charge in [-0.25, -0.2) is 4.79 Å². The van der Waals surface area contributed by atoms with Crippen molar-refractivity contribution in [2.24, 2.45) is 0 Å². The number of carbonyl (C=O) groups is 1. The minimum atomic E-state index is -0.549. The molecule has 0 unspecified atom stereocenters. The summed E-state index contributed by atoms with van der Waals surface area (Å²) in [5.74, 6) is -0.549. The molecule has 0 heterocycles. The smallest absolute Gasteiger partial charge is 0.344 e. The van der Waals surface area contributed by atoms with Crippen molar-refractivity contribution < 1.29 is 9.08 Å². The molecule has 0 fully saturated rings. The third kappa shape index (κ3) is 3.10. The maximum absolute atomic E-state index is 10.9. The van der Waals surface area contributed by atoms with Crippen LogP contribution >= 0.6 is 11.9 Å². The summed E-state index contributed by atoms with van der Waals surface area (Å²) >= 11 is 4.95. The summed E-state index contributed by atoms with van der Waals surface area (Å²) in [6.07, 6.45) is 1.37. The van der Waals surface area contributed by atoms with Crippen molar-refractivity contribution in [3.63, 3.8) is 0 Å². The van der Waals surface area contributed by atoms with Crippen LogP contribution in [0.2, 0.25) is 0 Å². The quantitative estimate of drug-likeness (QED) is 0.720. The highest BCUT2D eigenvalue weighted by Gasteiger charge is 2.02. The molecule has 0 spiro atoms. The first-order valence-electron chi connectivity index (χ1n) is 4.63. The highest BCUT2D eigenvalue weighted by molar-refractivity contribution is 6.15. The Balaban J connectivity index is 3.01. The van der Waals surface area contributed by atoms with Crippen molar-refractivity contribution in [1.82, 2.24) is 0 Å². The molecule has 1 rings (SSSR count). The van der Waals surface area contributed by atoms with Crippen molar-refractivity contribution in [2.45, 2.75) is 20.8 Å². The Morgan fingerprint density at radius 2 is 2.00 bits per heavy atom. The largest absolute Gasteiger partial charge is 0.349 e. The van der Waals surface area contributed by atoms with Gasteiger partial charge in [0, 0.05) is 6.08 Å². The Morgan fingerprint density at radius 3 is 2.53 bits per heavy atom. The fraction of sp³-hybridized carbons (Fsp3) is 0.250. The lowest BCUT2D eigenvalue weighted by Crippen LogP contribution is -1.93. The molecule has 80 valence electrons. The van der Waals surface area contributed by atoms with Crippen LogP contribution in [0, 0.1) is 13.8 Å². The molecule has 0 saturated heterocycles. The Hall–Kier alpha value is -1.28. The molecule has 0 atom stereocenters. The van der Waals surface area contributed by atoms with Crippen molar-refractivity contribution >= 4 is 23.4 Å². The predicted molar refractivity (Wildman–Crippen MR) is 61.5 cm³/mol. The molecule has 0 aliphatic carbocycles. The topological polar surface area (TPSA) is 26.3 Å². The Bertz CT molecular complexity index is 408. The number of aryl methyl sites for hydroxylation is 2. The first-order valence-corrected chi connectivity index (χ1v) is 4.94. The number of benzene rings is 1. The summed E-state index contributed by atoms with van der Waals surface area (Å²) in [7, 11) is 0. The van der Waals surface area contributed by atoms with Crippen LogP contribution in [-0.2, 0) is 9.08 Å². The van der Waals surface area contributed by atoms with Gasteiger partial charge in [0.25, 0.3) is 0 Å². The van der Waals surface area contributed by atoms with Crippen molar-refractivity contribution in [3.8, 4) is 0 Å². The van der Waals surface area contributed by atoms with Gasteiger partial charge in [0.1, 0.15) is 11.9 Å². The van der Waals surface area contributed by atoms with Crippen LogP contribution in [0.5, 0.6) is 0 Å². The van der Waals surface area contributed by atoms with Gasteiger partial charge in [0.15, 0.2) is 0 Å². The average Bonchev–Trinajstić information content (AvgIpc) is 2.21. The van der Waals surface area contributed by atoms with Crippen molar-refractivity contribution in [1.29, 1.82) is 0 Å². The molecule has 15 heavy (non-hydrogen) atoms. The molecule has 0 aliphatic rings. The first-order chi connectivity index (χ1) is 7.04. The molecule has 0 radical (unpaired) electrons. The molecule has 1 aromatic rings. The minimum absolute atomic E-state index is 0.549. The number of rotatable bonds is 2. The van der Waals surface area contributed by atoms with Crippen LogP contribution in [0.1, 0.15) is 23.6 Å². The summed E-state index contributed by atoms with van der Waals surface area (Å²) < 4.78 is 4.05. The number of hydrogen-bond acceptors (Lipinski definition) is 2. The zero-order valence-electron chi connectivity index (χ0n) is 9.00. The minimum Gasteiger partial charge on any atom is -0.344 e. The maximum atomic E-state index is 10.9. The van der Waals surface area contributed by atoms with Gasteiger partial charge in [-0.05, 0) is 43.0 Å². The molecule has 3 heteroatoms. The van der Waals surface area contributed by atoms with Crippen molar-refractivity contribution in [2.75, 3.05) is 0 Å². The molecule has 0 amide bonds. The Kier molecular flexibility index (Phi) is 3.92. The van der Waals surface area contributed by atoms with Gasteiger partial charge in [-0.1, -0.05) is 18.2 Å². The van der Waals surface area contributed by atoms with Gasteiger partial charge in [0.05, 0.1) is 0 Å². The van der Waals surface area contributed by atoms with Crippen LogP contribution in [0.25, 0.3) is 5.57 Å². The molecule has 0 bridgehead atoms. The predicted octanol–water partition coefficient (Wildman–Crippen LogP) is 3.40. The number of allylic oxidation sites excluding steroid dienone is 1. The van der Waals surface area contributed by atoms with Crippen LogP contribution in [0.4, 0.5) is 0 Å². The maximum Gasteiger partial charge on any atom is 0.349 e. The molecular weight excluding hydrogens is 212 g/mol. The van der Waals surface area contributed by atoms with E-state index in [-0.39, 0.29) is 0 Å². The summed E-state index contributed by atoms with van der Waals surface area (Å²) in [5, 5.41) is 0. The van der Waals surface area contributed by atoms with Gasteiger partial charge in [-0.15, -0.1) is 0 Å². The molecule has 2 nitrogen and oxygen atoms in total. The molecule has 0 saturated carbocycles. The molecule has 0 aliphatic heterocycles. The second kappa shape index (κ2) is 4.99. The number of carbonyl (C=O) groups excluding carboxylic acids is 1. The zero-order chi connectivity index (χ0) is 11.4. The van der Waals surface area contributed by atoms with Crippen LogP contribution < -0.4 is 0 Å². The van der Waals surface area contributed by atoms with E-state index in [0.717, 1.165) is 11.1 Å². The van der Waals surface area contributed by atoms with Gasteiger partial charge in [0.2, 0.25) is 0 Å². The highest BCUT2D eigenvalue weighted by atomic mass is 35.5. The van der Waals surface area contributed by atoms with E-state index in [4.69, 9.17) is 11.9 Å². The van der Waals surface area contributed by atoms with E-state index < -0.39 is 5.97 Å². The van der Waals surface area contributed by atoms with E-state index in [0.29, 0.717) is 0 Å². The standard InChI is InChI=1S/C12H13ClO2/c1-8-4-5-11(6-9(8)2)10(3)7-12(14)15-13/h4-7H,1-3H3/b10-7+. The van der Waals surface area contributed by atoms with Gasteiger partial charge in [-0.3, -0.25) is 0 Å². The molecule has 0 aromatic heterocycles. The van der Waals surface area contributed by atoms with E-state index in [1.54, 1.807) is 0 Å². The lowest BCUT2D eigenvalue weighted by Gasteiger charge is -2.04. The Labute approximate surface area is 94.7 Å². The summed E-state index contributed by atoms with van der Waals surface area (Å²) in [6, 6.07) is 6.02. The average molecular weight is 225 g/mol.